The summed E-state index contributed by atoms with van der Waals surface area (Å²) in [6.45, 7) is 3.76. The van der Waals surface area contributed by atoms with Gasteiger partial charge >= 0.3 is 0 Å². The molecule has 0 fully saturated rings. The fourth-order valence-corrected chi connectivity index (χ4v) is 1.96. The highest BCUT2D eigenvalue weighted by Gasteiger charge is 2.15. The van der Waals surface area contributed by atoms with Gasteiger partial charge in [0.2, 0.25) is 0 Å². The van der Waals surface area contributed by atoms with Crippen molar-refractivity contribution < 1.29 is 14.8 Å². The van der Waals surface area contributed by atoms with Crippen LogP contribution in [0.5, 0.6) is 5.75 Å². The van der Waals surface area contributed by atoms with E-state index < -0.39 is 11.0 Å². The lowest BCUT2D eigenvalue weighted by Crippen LogP contribution is -2.02. The summed E-state index contributed by atoms with van der Waals surface area (Å²) in [5, 5.41) is 20.5. The van der Waals surface area contributed by atoms with Gasteiger partial charge in [0, 0.05) is 35.7 Å². The van der Waals surface area contributed by atoms with E-state index in [9.17, 15) is 15.2 Å². The van der Waals surface area contributed by atoms with E-state index in [1.807, 2.05) is 13.0 Å². The van der Waals surface area contributed by atoms with E-state index in [1.54, 1.807) is 19.3 Å². The standard InChI is InChI=1S/C15H16N2O4/c1-10-5-12(8-16-7-10)9-21-15-4-3-13(17(19)20)6-14(15)11(2)18/h3-8,11,18H,9H2,1-2H3/t11-/m1/s1. The zero-order chi connectivity index (χ0) is 15.4. The molecule has 6 heteroatoms. The third kappa shape index (κ3) is 3.76. The third-order valence-electron chi connectivity index (χ3n) is 2.98. The Bertz CT molecular complexity index is 656. The highest BCUT2D eigenvalue weighted by atomic mass is 16.6. The summed E-state index contributed by atoms with van der Waals surface area (Å²) >= 11 is 0. The number of ether oxygens (including phenoxy) is 1. The van der Waals surface area contributed by atoms with Crippen LogP contribution in [-0.4, -0.2) is 15.0 Å². The predicted octanol–water partition coefficient (Wildman–Crippen LogP) is 2.93. The average molecular weight is 288 g/mol. The lowest BCUT2D eigenvalue weighted by Gasteiger charge is -2.13. The SMILES string of the molecule is Cc1cncc(COc2ccc([N+](=O)[O-])cc2[C@@H](C)O)c1. The number of nitrogens with zero attached hydrogens (tertiary/aromatic N) is 2. The van der Waals surface area contributed by atoms with Crippen LogP contribution in [0.15, 0.2) is 36.7 Å². The molecule has 0 unspecified atom stereocenters. The largest absolute Gasteiger partial charge is 0.488 e. The van der Waals surface area contributed by atoms with Crippen molar-refractivity contribution in [2.24, 2.45) is 0 Å². The molecule has 1 atom stereocenters. The van der Waals surface area contributed by atoms with Gasteiger partial charge < -0.3 is 9.84 Å². The fourth-order valence-electron chi connectivity index (χ4n) is 1.96. The summed E-state index contributed by atoms with van der Waals surface area (Å²) < 4.78 is 5.65. The van der Waals surface area contributed by atoms with Crippen LogP contribution in [0.2, 0.25) is 0 Å². The quantitative estimate of drug-likeness (QED) is 0.675. The van der Waals surface area contributed by atoms with Crippen LogP contribution in [0.1, 0.15) is 29.7 Å². The molecule has 0 saturated carbocycles. The number of non-ortho nitro benzene ring substituents is 1. The van der Waals surface area contributed by atoms with Crippen LogP contribution in [0.3, 0.4) is 0 Å². The van der Waals surface area contributed by atoms with Crippen LogP contribution in [0.25, 0.3) is 0 Å². The van der Waals surface area contributed by atoms with Crippen molar-refractivity contribution in [3.05, 3.63) is 63.5 Å². The van der Waals surface area contributed by atoms with Crippen LogP contribution in [0.4, 0.5) is 5.69 Å². The summed E-state index contributed by atoms with van der Waals surface area (Å²) in [7, 11) is 0. The number of aliphatic hydroxyl groups excluding tert-OH is 1. The number of nitro benzene ring substituents is 1. The van der Waals surface area contributed by atoms with Crippen molar-refractivity contribution in [2.75, 3.05) is 0 Å². The summed E-state index contributed by atoms with van der Waals surface area (Å²) in [5.41, 5.74) is 2.24. The summed E-state index contributed by atoms with van der Waals surface area (Å²) in [5.74, 6) is 0.428. The molecular weight excluding hydrogens is 272 g/mol. The van der Waals surface area contributed by atoms with E-state index in [-0.39, 0.29) is 12.3 Å². The minimum absolute atomic E-state index is 0.0736. The lowest BCUT2D eigenvalue weighted by atomic mass is 10.1. The molecule has 0 saturated heterocycles. The molecule has 1 aromatic heterocycles. The third-order valence-corrected chi connectivity index (χ3v) is 2.98. The summed E-state index contributed by atoms with van der Waals surface area (Å²) in [4.78, 5) is 14.4. The Labute approximate surface area is 122 Å². The normalized spacial score (nSPS) is 12.0. The van der Waals surface area contributed by atoms with E-state index in [4.69, 9.17) is 4.74 Å². The fraction of sp³-hybridized carbons (Fsp3) is 0.267. The number of pyridine rings is 1. The number of nitro groups is 1. The van der Waals surface area contributed by atoms with Gasteiger partial charge in [-0.1, -0.05) is 0 Å². The molecule has 0 aliphatic heterocycles. The van der Waals surface area contributed by atoms with Gasteiger partial charge in [-0.15, -0.1) is 0 Å². The number of hydrogen-bond acceptors (Lipinski definition) is 5. The molecule has 21 heavy (non-hydrogen) atoms. The minimum atomic E-state index is -0.851. The highest BCUT2D eigenvalue weighted by molar-refractivity contribution is 5.44. The molecule has 2 rings (SSSR count). The van der Waals surface area contributed by atoms with Crippen LogP contribution < -0.4 is 4.74 Å². The zero-order valence-electron chi connectivity index (χ0n) is 11.8. The topological polar surface area (TPSA) is 85.5 Å². The van der Waals surface area contributed by atoms with Crippen molar-refractivity contribution in [2.45, 2.75) is 26.6 Å². The number of benzene rings is 1. The Kier molecular flexibility index (Phi) is 4.49. The van der Waals surface area contributed by atoms with Crippen molar-refractivity contribution >= 4 is 5.69 Å². The van der Waals surface area contributed by atoms with Gasteiger partial charge in [0.15, 0.2) is 0 Å². The maximum atomic E-state index is 10.8. The Morgan fingerprint density at radius 2 is 2.14 bits per heavy atom. The Hall–Kier alpha value is -2.47. The number of aliphatic hydroxyl groups is 1. The smallest absolute Gasteiger partial charge is 0.270 e. The summed E-state index contributed by atoms with van der Waals surface area (Å²) in [6, 6.07) is 6.13. The number of aryl methyl sites for hydroxylation is 1. The Morgan fingerprint density at radius 1 is 1.38 bits per heavy atom. The van der Waals surface area contributed by atoms with E-state index in [1.165, 1.54) is 18.2 Å². The molecule has 0 bridgehead atoms. The molecule has 0 radical (unpaired) electrons. The van der Waals surface area contributed by atoms with Crippen molar-refractivity contribution in [1.82, 2.24) is 4.98 Å². The van der Waals surface area contributed by atoms with Crippen molar-refractivity contribution in [1.29, 1.82) is 0 Å². The van der Waals surface area contributed by atoms with Gasteiger partial charge in [-0.25, -0.2) is 0 Å². The molecule has 1 heterocycles. The first-order valence-electron chi connectivity index (χ1n) is 6.47. The van der Waals surface area contributed by atoms with E-state index in [2.05, 4.69) is 4.98 Å². The second kappa shape index (κ2) is 6.32. The van der Waals surface area contributed by atoms with Gasteiger partial charge in [-0.05, 0) is 31.5 Å². The minimum Gasteiger partial charge on any atom is -0.488 e. The molecule has 2 aromatic rings. The van der Waals surface area contributed by atoms with Gasteiger partial charge in [-0.2, -0.15) is 0 Å². The molecule has 1 N–H and O–H groups in total. The summed E-state index contributed by atoms with van der Waals surface area (Å²) in [6.07, 6.45) is 2.59. The maximum Gasteiger partial charge on any atom is 0.270 e. The van der Waals surface area contributed by atoms with Crippen LogP contribution >= 0.6 is 0 Å². The van der Waals surface area contributed by atoms with Gasteiger partial charge in [0.1, 0.15) is 12.4 Å². The highest BCUT2D eigenvalue weighted by Crippen LogP contribution is 2.29. The second-order valence-corrected chi connectivity index (χ2v) is 4.81. The van der Waals surface area contributed by atoms with Crippen LogP contribution in [0, 0.1) is 17.0 Å². The molecule has 6 nitrogen and oxygen atoms in total. The molecule has 110 valence electrons. The molecule has 0 amide bonds. The van der Waals surface area contributed by atoms with Crippen molar-refractivity contribution in [3.63, 3.8) is 0 Å². The Balaban J connectivity index is 2.21. The van der Waals surface area contributed by atoms with E-state index >= 15 is 0 Å². The first-order chi connectivity index (χ1) is 9.97. The molecule has 0 aliphatic carbocycles. The van der Waals surface area contributed by atoms with Gasteiger partial charge in [0.05, 0.1) is 11.0 Å². The first kappa shape index (κ1) is 14.9. The average Bonchev–Trinajstić information content (AvgIpc) is 2.44. The second-order valence-electron chi connectivity index (χ2n) is 4.81. The van der Waals surface area contributed by atoms with Crippen LogP contribution in [-0.2, 0) is 6.61 Å². The van der Waals surface area contributed by atoms with Crippen molar-refractivity contribution in [3.8, 4) is 5.75 Å². The Morgan fingerprint density at radius 3 is 2.76 bits per heavy atom. The number of hydrogen-bond donors (Lipinski definition) is 1. The predicted molar refractivity (Wildman–Crippen MR) is 77.0 cm³/mol. The molecule has 0 aliphatic rings. The molecule has 1 aromatic carbocycles. The first-order valence-corrected chi connectivity index (χ1v) is 6.47. The van der Waals surface area contributed by atoms with Gasteiger partial charge in [-0.3, -0.25) is 15.1 Å². The number of aromatic nitrogens is 1. The maximum absolute atomic E-state index is 10.8. The van der Waals surface area contributed by atoms with E-state index in [0.29, 0.717) is 11.3 Å². The van der Waals surface area contributed by atoms with Gasteiger partial charge in [0.25, 0.3) is 5.69 Å². The lowest BCUT2D eigenvalue weighted by molar-refractivity contribution is -0.385. The molecule has 0 spiro atoms. The zero-order valence-corrected chi connectivity index (χ0v) is 11.8. The molecular formula is C15H16N2O4. The number of rotatable bonds is 5. The monoisotopic (exact) mass is 288 g/mol. The van der Waals surface area contributed by atoms with E-state index in [0.717, 1.165) is 11.1 Å².